The largest absolute Gasteiger partial charge is 0.346 e. The molecule has 9 nitrogen and oxygen atoms in total. The molecular weight excluding hydrogens is 392 g/mol. The Morgan fingerprint density at radius 1 is 1.34 bits per heavy atom. The molecule has 29 heavy (non-hydrogen) atoms. The van der Waals surface area contributed by atoms with E-state index in [-0.39, 0.29) is 17.8 Å². The van der Waals surface area contributed by atoms with Crippen LogP contribution in [0.1, 0.15) is 25.8 Å². The molecule has 152 valence electrons. The van der Waals surface area contributed by atoms with Crippen LogP contribution in [0.3, 0.4) is 0 Å². The van der Waals surface area contributed by atoms with E-state index in [0.29, 0.717) is 18.9 Å². The molecule has 0 aromatic carbocycles. The van der Waals surface area contributed by atoms with Crippen LogP contribution >= 0.6 is 0 Å². The van der Waals surface area contributed by atoms with Crippen LogP contribution in [0.2, 0.25) is 0 Å². The summed E-state index contributed by atoms with van der Waals surface area (Å²) in [5, 5.41) is 5.43. The first kappa shape index (κ1) is 18.3. The zero-order valence-electron chi connectivity index (χ0n) is 16.0. The van der Waals surface area contributed by atoms with Gasteiger partial charge >= 0.3 is 0 Å². The molecule has 4 heterocycles. The summed E-state index contributed by atoms with van der Waals surface area (Å²) in [5.41, 5.74) is 2.58. The number of hydrogen-bond acceptors (Lipinski definition) is 5. The minimum Gasteiger partial charge on any atom is -0.346 e. The summed E-state index contributed by atoms with van der Waals surface area (Å²) in [4.78, 5) is 21.0. The summed E-state index contributed by atoms with van der Waals surface area (Å²) in [5.74, 6) is 0.743. The number of nitrogens with zero attached hydrogens (tertiary/aromatic N) is 5. The zero-order valence-corrected chi connectivity index (χ0v) is 16.8. The number of aromatic amines is 1. The van der Waals surface area contributed by atoms with E-state index < -0.39 is 10.0 Å². The molecule has 1 saturated heterocycles. The minimum absolute atomic E-state index is 0.0334. The third-order valence-corrected chi connectivity index (χ3v) is 7.52. The van der Waals surface area contributed by atoms with E-state index in [2.05, 4.69) is 15.1 Å². The van der Waals surface area contributed by atoms with Crippen LogP contribution in [0.4, 0.5) is 5.82 Å². The highest BCUT2D eigenvalue weighted by Crippen LogP contribution is 2.35. The van der Waals surface area contributed by atoms with Gasteiger partial charge in [0.05, 0.1) is 18.0 Å². The predicted molar refractivity (Wildman–Crippen MR) is 109 cm³/mol. The van der Waals surface area contributed by atoms with Crippen molar-refractivity contribution in [3.05, 3.63) is 30.7 Å². The Balaban J connectivity index is 1.46. The van der Waals surface area contributed by atoms with E-state index in [9.17, 15) is 13.2 Å². The molecule has 0 unspecified atom stereocenters. The number of amides is 1. The Bertz CT molecular complexity index is 1170. The average molecular weight is 414 g/mol. The molecule has 10 heteroatoms. The van der Waals surface area contributed by atoms with Crippen molar-refractivity contribution in [1.82, 2.24) is 24.1 Å². The summed E-state index contributed by atoms with van der Waals surface area (Å²) in [6.07, 6.45) is 8.39. The third kappa shape index (κ3) is 3.12. The lowest BCUT2D eigenvalue weighted by atomic mass is 10.1. The lowest BCUT2D eigenvalue weighted by Gasteiger charge is -2.37. The number of rotatable bonds is 7. The van der Waals surface area contributed by atoms with Crippen LogP contribution in [-0.2, 0) is 14.8 Å². The van der Waals surface area contributed by atoms with Gasteiger partial charge in [0.25, 0.3) is 0 Å². The normalized spacial score (nSPS) is 18.1. The Morgan fingerprint density at radius 3 is 2.83 bits per heavy atom. The number of carbonyl (C=O) groups excluding carboxylic acids is 1. The Labute approximate surface area is 168 Å². The first-order valence-corrected chi connectivity index (χ1v) is 11.3. The van der Waals surface area contributed by atoms with Crippen molar-refractivity contribution in [3.8, 4) is 11.1 Å². The Kier molecular flexibility index (Phi) is 4.21. The van der Waals surface area contributed by atoms with Gasteiger partial charge < -0.3 is 4.98 Å². The highest BCUT2D eigenvalue weighted by Gasteiger charge is 2.36. The lowest BCUT2D eigenvalue weighted by molar-refractivity contribution is -0.107. The molecule has 2 fully saturated rings. The zero-order chi connectivity index (χ0) is 20.2. The monoisotopic (exact) mass is 414 g/mol. The van der Waals surface area contributed by atoms with E-state index in [1.807, 2.05) is 29.2 Å². The summed E-state index contributed by atoms with van der Waals surface area (Å²) in [6, 6.07) is 4.15. The number of aromatic nitrogens is 4. The molecular formula is C19H22N6O3S. The van der Waals surface area contributed by atoms with E-state index in [4.69, 9.17) is 0 Å². The first-order chi connectivity index (χ1) is 14.0. The van der Waals surface area contributed by atoms with E-state index in [0.717, 1.165) is 41.4 Å². The van der Waals surface area contributed by atoms with E-state index >= 15 is 0 Å². The summed E-state index contributed by atoms with van der Waals surface area (Å²) >= 11 is 0. The fraction of sp³-hybridized carbons (Fsp3) is 0.421. The molecule has 0 radical (unpaired) electrons. The third-order valence-electron chi connectivity index (χ3n) is 5.71. The van der Waals surface area contributed by atoms with Crippen LogP contribution < -0.4 is 4.90 Å². The predicted octanol–water partition coefficient (Wildman–Crippen LogP) is 1.76. The standard InChI is InChI=1S/C19H22N6O3S/c1-2-29(27,28)23-10-15(11-23)25-9-13(8-21-25)17-7-18(24(12-26)14-3-4-14)22-19-16(17)5-6-20-19/h5-9,12,14-15H,2-4,10-11H2,1H3,(H,20,22). The molecule has 1 aliphatic carbocycles. The molecule has 2 aliphatic rings. The number of pyridine rings is 1. The van der Waals surface area contributed by atoms with Crippen molar-refractivity contribution in [1.29, 1.82) is 0 Å². The maximum atomic E-state index is 11.9. The van der Waals surface area contributed by atoms with Crippen molar-refractivity contribution < 1.29 is 13.2 Å². The van der Waals surface area contributed by atoms with Crippen molar-refractivity contribution in [2.75, 3.05) is 23.7 Å². The molecule has 1 N–H and O–H groups in total. The topological polar surface area (TPSA) is 104 Å². The van der Waals surface area contributed by atoms with Crippen LogP contribution in [0.15, 0.2) is 30.7 Å². The van der Waals surface area contributed by atoms with Gasteiger partial charge in [0, 0.05) is 42.5 Å². The minimum atomic E-state index is -3.15. The van der Waals surface area contributed by atoms with Gasteiger partial charge in [0.1, 0.15) is 11.5 Å². The van der Waals surface area contributed by atoms with Crippen LogP contribution in [0, 0.1) is 0 Å². The molecule has 3 aromatic heterocycles. The average Bonchev–Trinajstić information content (AvgIpc) is 3.19. The number of H-pyrrole nitrogens is 1. The fourth-order valence-electron chi connectivity index (χ4n) is 3.75. The first-order valence-electron chi connectivity index (χ1n) is 9.74. The quantitative estimate of drug-likeness (QED) is 0.593. The molecule has 0 atom stereocenters. The molecule has 3 aromatic rings. The van der Waals surface area contributed by atoms with Gasteiger partial charge in [-0.15, -0.1) is 0 Å². The van der Waals surface area contributed by atoms with Gasteiger partial charge in [-0.25, -0.2) is 13.4 Å². The van der Waals surface area contributed by atoms with Gasteiger partial charge in [-0.1, -0.05) is 0 Å². The smallest absolute Gasteiger partial charge is 0.215 e. The fourth-order valence-corrected chi connectivity index (χ4v) is 4.91. The number of nitrogens with one attached hydrogen (secondary N) is 1. The van der Waals surface area contributed by atoms with Crippen molar-refractivity contribution in [2.24, 2.45) is 0 Å². The van der Waals surface area contributed by atoms with Crippen LogP contribution in [-0.4, -0.2) is 63.8 Å². The van der Waals surface area contributed by atoms with Gasteiger partial charge in [0.15, 0.2) is 0 Å². The van der Waals surface area contributed by atoms with Gasteiger partial charge in [0.2, 0.25) is 16.4 Å². The molecule has 0 bridgehead atoms. The number of hydrogen-bond donors (Lipinski definition) is 1. The maximum absolute atomic E-state index is 11.9. The number of anilines is 1. The Morgan fingerprint density at radius 2 is 2.14 bits per heavy atom. The lowest BCUT2D eigenvalue weighted by Crippen LogP contribution is -2.51. The molecule has 0 spiro atoms. The molecule has 1 saturated carbocycles. The number of fused-ring (bicyclic) bond motifs is 1. The molecule has 5 rings (SSSR count). The Hall–Kier alpha value is -2.72. The number of sulfonamides is 1. The summed E-state index contributed by atoms with van der Waals surface area (Å²) < 4.78 is 27.2. The second-order valence-electron chi connectivity index (χ2n) is 7.59. The van der Waals surface area contributed by atoms with Crippen molar-refractivity contribution >= 4 is 33.3 Å². The van der Waals surface area contributed by atoms with Crippen molar-refractivity contribution in [3.63, 3.8) is 0 Å². The SMILES string of the molecule is CCS(=O)(=O)N1CC(n2cc(-c3cc(N(C=O)C4CC4)nc4[nH]ccc34)cn2)C1. The second-order valence-corrected chi connectivity index (χ2v) is 9.85. The summed E-state index contributed by atoms with van der Waals surface area (Å²) in [6.45, 7) is 2.54. The highest BCUT2D eigenvalue weighted by molar-refractivity contribution is 7.89. The molecule has 1 aliphatic heterocycles. The van der Waals surface area contributed by atoms with Crippen molar-refractivity contribution in [2.45, 2.75) is 31.8 Å². The number of carbonyl (C=O) groups is 1. The maximum Gasteiger partial charge on any atom is 0.215 e. The van der Waals surface area contributed by atoms with E-state index in [1.54, 1.807) is 18.0 Å². The summed E-state index contributed by atoms with van der Waals surface area (Å²) in [7, 11) is -3.15. The van der Waals surface area contributed by atoms with Gasteiger partial charge in [-0.2, -0.15) is 9.40 Å². The van der Waals surface area contributed by atoms with Crippen LogP contribution in [0.5, 0.6) is 0 Å². The van der Waals surface area contributed by atoms with Gasteiger partial charge in [-0.3, -0.25) is 14.4 Å². The highest BCUT2D eigenvalue weighted by atomic mass is 32.2. The van der Waals surface area contributed by atoms with E-state index in [1.165, 1.54) is 4.31 Å². The molecule has 1 amide bonds. The van der Waals surface area contributed by atoms with Gasteiger partial charge in [-0.05, 0) is 37.5 Å². The van der Waals surface area contributed by atoms with Crippen LogP contribution in [0.25, 0.3) is 22.2 Å². The second kappa shape index (κ2) is 6.67.